The van der Waals surface area contributed by atoms with E-state index in [-0.39, 0.29) is 0 Å². The van der Waals surface area contributed by atoms with Crippen molar-refractivity contribution in [3.63, 3.8) is 0 Å². The number of nitrogens with zero attached hydrogens (tertiary/aromatic N) is 3. The fourth-order valence-corrected chi connectivity index (χ4v) is 2.23. The van der Waals surface area contributed by atoms with E-state index in [0.29, 0.717) is 11.9 Å². The van der Waals surface area contributed by atoms with E-state index in [2.05, 4.69) is 34.6 Å². The van der Waals surface area contributed by atoms with E-state index < -0.39 is 0 Å². The van der Waals surface area contributed by atoms with Crippen LogP contribution in [0.25, 0.3) is 4.96 Å². The quantitative estimate of drug-likeness (QED) is 0.843. The van der Waals surface area contributed by atoms with Crippen molar-refractivity contribution in [3.05, 3.63) is 11.1 Å². The first kappa shape index (κ1) is 9.45. The summed E-state index contributed by atoms with van der Waals surface area (Å²) < 4.78 is 1.93. The van der Waals surface area contributed by atoms with E-state index in [1.807, 2.05) is 11.6 Å². The largest absolute Gasteiger partial charge is 0.356 e. The van der Waals surface area contributed by atoms with Crippen LogP contribution in [0, 0.1) is 5.92 Å². The minimum Gasteiger partial charge on any atom is -0.356 e. The van der Waals surface area contributed by atoms with E-state index in [0.717, 1.165) is 11.4 Å². The highest BCUT2D eigenvalue weighted by Gasteiger charge is 2.09. The molecule has 2 rings (SSSR count). The molecule has 0 atom stereocenters. The van der Waals surface area contributed by atoms with Crippen LogP contribution in [0.1, 0.15) is 19.5 Å². The van der Waals surface area contributed by atoms with Crippen LogP contribution in [0.15, 0.2) is 5.38 Å². The van der Waals surface area contributed by atoms with Crippen molar-refractivity contribution >= 4 is 22.2 Å². The molecular weight excluding hydrogens is 196 g/mol. The van der Waals surface area contributed by atoms with Crippen LogP contribution in [0.4, 0.5) is 5.95 Å². The molecule has 0 aliphatic rings. The molecule has 0 spiro atoms. The fourth-order valence-electron chi connectivity index (χ4n) is 1.39. The molecule has 2 heterocycles. The van der Waals surface area contributed by atoms with Crippen molar-refractivity contribution in [1.82, 2.24) is 14.6 Å². The predicted molar refractivity (Wildman–Crippen MR) is 59.0 cm³/mol. The van der Waals surface area contributed by atoms with Crippen LogP contribution < -0.4 is 5.32 Å². The summed E-state index contributed by atoms with van der Waals surface area (Å²) in [4.78, 5) is 5.28. The number of aromatic nitrogens is 3. The van der Waals surface area contributed by atoms with Crippen LogP contribution in [0.2, 0.25) is 0 Å². The van der Waals surface area contributed by atoms with Crippen molar-refractivity contribution in [1.29, 1.82) is 0 Å². The van der Waals surface area contributed by atoms with Gasteiger partial charge in [-0.05, 0) is 12.3 Å². The molecule has 0 aliphatic heterocycles. The number of fused-ring (bicyclic) bond motifs is 1. The maximum absolute atomic E-state index is 4.35. The van der Waals surface area contributed by atoms with Gasteiger partial charge in [0.1, 0.15) is 0 Å². The molecule has 5 heteroatoms. The third kappa shape index (κ3) is 1.59. The van der Waals surface area contributed by atoms with Gasteiger partial charge in [0.25, 0.3) is 0 Å². The number of anilines is 1. The van der Waals surface area contributed by atoms with Crippen molar-refractivity contribution in [2.24, 2.45) is 5.92 Å². The number of thiazole rings is 1. The molecule has 2 aromatic rings. The van der Waals surface area contributed by atoms with Gasteiger partial charge in [0.05, 0.1) is 5.69 Å². The van der Waals surface area contributed by atoms with E-state index in [4.69, 9.17) is 0 Å². The summed E-state index contributed by atoms with van der Waals surface area (Å²) in [5.41, 5.74) is 1.24. The second kappa shape index (κ2) is 3.57. The monoisotopic (exact) mass is 210 g/mol. The molecule has 0 amide bonds. The Bertz CT molecular complexity index is 429. The third-order valence-electron chi connectivity index (χ3n) is 1.99. The molecule has 0 aliphatic carbocycles. The molecular formula is C9H14N4S. The van der Waals surface area contributed by atoms with E-state index >= 15 is 0 Å². The van der Waals surface area contributed by atoms with E-state index in [9.17, 15) is 0 Å². The highest BCUT2D eigenvalue weighted by molar-refractivity contribution is 7.15. The summed E-state index contributed by atoms with van der Waals surface area (Å²) in [5, 5.41) is 9.43. The first-order valence-corrected chi connectivity index (χ1v) is 5.59. The van der Waals surface area contributed by atoms with Gasteiger partial charge in [-0.1, -0.05) is 13.8 Å². The summed E-state index contributed by atoms with van der Waals surface area (Å²) in [7, 11) is 1.83. The topological polar surface area (TPSA) is 42.2 Å². The molecule has 4 nitrogen and oxygen atoms in total. The first-order chi connectivity index (χ1) is 6.70. The lowest BCUT2D eigenvalue weighted by molar-refractivity contribution is 0.624. The zero-order valence-corrected chi connectivity index (χ0v) is 9.43. The zero-order valence-electron chi connectivity index (χ0n) is 8.61. The average molecular weight is 210 g/mol. The minimum atomic E-state index is 0.648. The van der Waals surface area contributed by atoms with Crippen LogP contribution in [-0.4, -0.2) is 21.6 Å². The van der Waals surface area contributed by atoms with Crippen molar-refractivity contribution in [2.75, 3.05) is 12.4 Å². The fraction of sp³-hybridized carbons (Fsp3) is 0.556. The maximum atomic E-state index is 4.35. The van der Waals surface area contributed by atoms with Crippen LogP contribution in [0.5, 0.6) is 0 Å². The van der Waals surface area contributed by atoms with Crippen molar-refractivity contribution < 1.29 is 0 Å². The SMILES string of the molecule is CNc1nc2scc(CC(C)C)n2n1. The smallest absolute Gasteiger partial charge is 0.243 e. The van der Waals surface area contributed by atoms with Gasteiger partial charge in [0.15, 0.2) is 0 Å². The van der Waals surface area contributed by atoms with Gasteiger partial charge < -0.3 is 5.32 Å². The van der Waals surface area contributed by atoms with Gasteiger partial charge in [-0.3, -0.25) is 0 Å². The van der Waals surface area contributed by atoms with E-state index in [1.54, 1.807) is 11.3 Å². The molecule has 0 radical (unpaired) electrons. The van der Waals surface area contributed by atoms with Crippen LogP contribution in [-0.2, 0) is 6.42 Å². The standard InChI is InChI=1S/C9H14N4S/c1-6(2)4-7-5-14-9-11-8(10-3)12-13(7)9/h5-6H,4H2,1-3H3,(H,10,12). The molecule has 0 saturated carbocycles. The van der Waals surface area contributed by atoms with Crippen molar-refractivity contribution in [2.45, 2.75) is 20.3 Å². The molecule has 0 fully saturated rings. The Morgan fingerprint density at radius 1 is 1.57 bits per heavy atom. The summed E-state index contributed by atoms with van der Waals surface area (Å²) in [6.45, 7) is 4.42. The lowest BCUT2D eigenvalue weighted by Crippen LogP contribution is -1.99. The van der Waals surface area contributed by atoms with Gasteiger partial charge in [-0.25, -0.2) is 4.52 Å². The minimum absolute atomic E-state index is 0.648. The van der Waals surface area contributed by atoms with Crippen LogP contribution in [0.3, 0.4) is 0 Å². The van der Waals surface area contributed by atoms with Gasteiger partial charge in [-0.2, -0.15) is 4.98 Å². The number of hydrogen-bond acceptors (Lipinski definition) is 4. The molecule has 1 N–H and O–H groups in total. The summed E-state index contributed by atoms with van der Waals surface area (Å²) in [6, 6.07) is 0. The van der Waals surface area contributed by atoms with Gasteiger partial charge in [0.2, 0.25) is 10.9 Å². The highest BCUT2D eigenvalue weighted by atomic mass is 32.1. The van der Waals surface area contributed by atoms with Crippen molar-refractivity contribution in [3.8, 4) is 0 Å². The lowest BCUT2D eigenvalue weighted by atomic mass is 10.1. The average Bonchev–Trinajstić information content (AvgIpc) is 2.66. The second-order valence-electron chi connectivity index (χ2n) is 3.70. The molecule has 0 saturated heterocycles. The molecule has 2 aromatic heterocycles. The Kier molecular flexibility index (Phi) is 2.41. The van der Waals surface area contributed by atoms with E-state index in [1.165, 1.54) is 5.69 Å². The number of nitrogens with one attached hydrogen (secondary N) is 1. The zero-order chi connectivity index (χ0) is 10.1. The molecule has 76 valence electrons. The highest BCUT2D eigenvalue weighted by Crippen LogP contribution is 2.18. The molecule has 0 unspecified atom stereocenters. The molecule has 0 aromatic carbocycles. The third-order valence-corrected chi connectivity index (χ3v) is 2.86. The predicted octanol–water partition coefficient (Wildman–Crippen LogP) is 2.03. The molecule has 0 bridgehead atoms. The Hall–Kier alpha value is -1.10. The van der Waals surface area contributed by atoms with Crippen LogP contribution >= 0.6 is 11.3 Å². The summed E-state index contributed by atoms with van der Waals surface area (Å²) >= 11 is 1.64. The number of hydrogen-bond donors (Lipinski definition) is 1. The lowest BCUT2D eigenvalue weighted by Gasteiger charge is -2.01. The second-order valence-corrected chi connectivity index (χ2v) is 4.54. The number of rotatable bonds is 3. The van der Waals surface area contributed by atoms with Gasteiger partial charge >= 0.3 is 0 Å². The maximum Gasteiger partial charge on any atom is 0.243 e. The Morgan fingerprint density at radius 3 is 3.00 bits per heavy atom. The molecule has 14 heavy (non-hydrogen) atoms. The Morgan fingerprint density at radius 2 is 2.36 bits per heavy atom. The van der Waals surface area contributed by atoms with Gasteiger partial charge in [-0.15, -0.1) is 16.4 Å². The Balaban J connectivity index is 2.40. The summed E-state index contributed by atoms with van der Waals surface area (Å²) in [5.74, 6) is 1.34. The van der Waals surface area contributed by atoms with Gasteiger partial charge in [0, 0.05) is 12.4 Å². The Labute approximate surface area is 87.0 Å². The normalized spacial score (nSPS) is 11.4. The first-order valence-electron chi connectivity index (χ1n) is 4.71. The summed E-state index contributed by atoms with van der Waals surface area (Å²) in [6.07, 6.45) is 1.05.